The van der Waals surface area contributed by atoms with Gasteiger partial charge in [-0.05, 0) is 12.8 Å². The number of rotatable bonds is 6. The second kappa shape index (κ2) is 6.49. The van der Waals surface area contributed by atoms with E-state index in [9.17, 15) is 9.59 Å². The van der Waals surface area contributed by atoms with E-state index < -0.39 is 5.91 Å². The molecule has 0 aliphatic heterocycles. The van der Waals surface area contributed by atoms with Gasteiger partial charge in [-0.25, -0.2) is 4.98 Å². The van der Waals surface area contributed by atoms with Crippen LogP contribution in [0.15, 0.2) is 5.38 Å². The van der Waals surface area contributed by atoms with Crippen molar-refractivity contribution in [2.75, 3.05) is 13.1 Å². The number of hydrogen-bond donors (Lipinski definition) is 1. The maximum Gasteiger partial charge on any atom is 0.273 e. The number of thiazole rings is 1. The summed E-state index contributed by atoms with van der Waals surface area (Å²) < 4.78 is 0. The van der Waals surface area contributed by atoms with Crippen LogP contribution in [0.4, 0.5) is 0 Å². The summed E-state index contributed by atoms with van der Waals surface area (Å²) in [5, 5.41) is 2.69. The highest BCUT2D eigenvalue weighted by molar-refractivity contribution is 7.09. The van der Waals surface area contributed by atoms with Crippen LogP contribution >= 0.6 is 11.3 Å². The second-order valence-electron chi connectivity index (χ2n) is 4.51. The Labute approximate surface area is 111 Å². The van der Waals surface area contributed by atoms with Crippen LogP contribution in [-0.4, -0.2) is 34.8 Å². The Morgan fingerprint density at radius 3 is 2.67 bits per heavy atom. The van der Waals surface area contributed by atoms with E-state index in [0.29, 0.717) is 18.2 Å². The van der Waals surface area contributed by atoms with Crippen molar-refractivity contribution in [3.63, 3.8) is 0 Å². The molecule has 0 saturated carbocycles. The third-order valence-electron chi connectivity index (χ3n) is 2.37. The van der Waals surface area contributed by atoms with Crippen molar-refractivity contribution in [3.05, 3.63) is 16.1 Å². The predicted molar refractivity (Wildman–Crippen MR) is 71.4 cm³/mol. The van der Waals surface area contributed by atoms with Gasteiger partial charge in [0.1, 0.15) is 5.69 Å². The Morgan fingerprint density at radius 1 is 1.50 bits per heavy atom. The summed E-state index contributed by atoms with van der Waals surface area (Å²) in [7, 11) is 0. The van der Waals surface area contributed by atoms with Crippen molar-refractivity contribution in [1.82, 2.24) is 9.88 Å². The summed E-state index contributed by atoms with van der Waals surface area (Å²) in [6.45, 7) is 6.40. The zero-order valence-corrected chi connectivity index (χ0v) is 11.8. The minimum absolute atomic E-state index is 0.0631. The third-order valence-corrected chi connectivity index (χ3v) is 3.24. The molecule has 0 unspecified atom stereocenters. The molecular formula is C12H19N3O2S. The second-order valence-corrected chi connectivity index (χ2v) is 5.45. The molecule has 0 radical (unpaired) electrons. The smallest absolute Gasteiger partial charge is 0.273 e. The monoisotopic (exact) mass is 269 g/mol. The molecule has 0 spiro atoms. The van der Waals surface area contributed by atoms with E-state index in [4.69, 9.17) is 5.73 Å². The van der Waals surface area contributed by atoms with Crippen molar-refractivity contribution in [2.45, 2.75) is 27.2 Å². The van der Waals surface area contributed by atoms with Crippen LogP contribution in [0.5, 0.6) is 0 Å². The Hall–Kier alpha value is -1.43. The van der Waals surface area contributed by atoms with Crippen LogP contribution in [0.1, 0.15) is 36.3 Å². The lowest BCUT2D eigenvalue weighted by Crippen LogP contribution is -2.38. The van der Waals surface area contributed by atoms with Crippen molar-refractivity contribution >= 4 is 23.2 Å². The quantitative estimate of drug-likeness (QED) is 0.845. The zero-order chi connectivity index (χ0) is 13.7. The first-order valence-electron chi connectivity index (χ1n) is 5.96. The summed E-state index contributed by atoms with van der Waals surface area (Å²) in [5.41, 5.74) is 5.51. The number of carbonyl (C=O) groups excluding carboxylic acids is 2. The van der Waals surface area contributed by atoms with Crippen LogP contribution in [-0.2, 0) is 11.2 Å². The lowest BCUT2D eigenvalue weighted by molar-refractivity contribution is -0.118. The Balaban J connectivity index is 2.76. The average Bonchev–Trinajstić information content (AvgIpc) is 2.72. The molecule has 5 nitrogen and oxygen atoms in total. The number of nitrogens with two attached hydrogens (primary N) is 1. The first-order chi connectivity index (χ1) is 8.43. The molecule has 1 heterocycles. The minimum atomic E-state index is -0.511. The number of primary amides is 1. The maximum atomic E-state index is 12.1. The fourth-order valence-corrected chi connectivity index (χ4v) is 2.51. The molecule has 2 N–H and O–H groups in total. The van der Waals surface area contributed by atoms with E-state index >= 15 is 0 Å². The van der Waals surface area contributed by atoms with Gasteiger partial charge in [0.15, 0.2) is 0 Å². The van der Waals surface area contributed by atoms with Crippen molar-refractivity contribution in [3.8, 4) is 0 Å². The number of aromatic nitrogens is 1. The van der Waals surface area contributed by atoms with Crippen molar-refractivity contribution in [1.29, 1.82) is 0 Å². The predicted octanol–water partition coefficient (Wildman–Crippen LogP) is 1.29. The first-order valence-corrected chi connectivity index (χ1v) is 6.84. The summed E-state index contributed by atoms with van der Waals surface area (Å²) >= 11 is 1.48. The molecule has 0 atom stereocenters. The van der Waals surface area contributed by atoms with Gasteiger partial charge in [0, 0.05) is 18.3 Å². The minimum Gasteiger partial charge on any atom is -0.368 e. The summed E-state index contributed by atoms with van der Waals surface area (Å²) in [6.07, 6.45) is 0.861. The average molecular weight is 269 g/mol. The Morgan fingerprint density at radius 2 is 2.17 bits per heavy atom. The summed E-state index contributed by atoms with van der Waals surface area (Å²) in [4.78, 5) is 28.6. The lowest BCUT2D eigenvalue weighted by atomic mass is 10.1. The fraction of sp³-hybridized carbons (Fsp3) is 0.583. The van der Waals surface area contributed by atoms with Gasteiger partial charge in [-0.3, -0.25) is 9.59 Å². The number of nitrogens with zero attached hydrogens (tertiary/aromatic N) is 2. The van der Waals surface area contributed by atoms with Crippen LogP contribution in [0, 0.1) is 5.92 Å². The van der Waals surface area contributed by atoms with E-state index in [1.807, 2.05) is 6.92 Å². The lowest BCUT2D eigenvalue weighted by Gasteiger charge is -2.17. The third kappa shape index (κ3) is 4.10. The van der Waals surface area contributed by atoms with Gasteiger partial charge in [0.2, 0.25) is 5.91 Å². The van der Waals surface area contributed by atoms with E-state index in [1.165, 1.54) is 16.2 Å². The number of hydrogen-bond acceptors (Lipinski definition) is 4. The van der Waals surface area contributed by atoms with Gasteiger partial charge in [-0.1, -0.05) is 13.8 Å². The van der Waals surface area contributed by atoms with Crippen LogP contribution in [0.2, 0.25) is 0 Å². The van der Waals surface area contributed by atoms with Gasteiger partial charge < -0.3 is 10.6 Å². The van der Waals surface area contributed by atoms with Crippen molar-refractivity contribution < 1.29 is 9.59 Å². The topological polar surface area (TPSA) is 76.3 Å². The highest BCUT2D eigenvalue weighted by Gasteiger charge is 2.19. The van der Waals surface area contributed by atoms with E-state index in [1.54, 1.807) is 5.38 Å². The van der Waals surface area contributed by atoms with E-state index in [-0.39, 0.29) is 12.5 Å². The Kier molecular flexibility index (Phi) is 5.27. The van der Waals surface area contributed by atoms with Gasteiger partial charge >= 0.3 is 0 Å². The van der Waals surface area contributed by atoms with Crippen molar-refractivity contribution in [2.24, 2.45) is 11.7 Å². The highest BCUT2D eigenvalue weighted by Crippen LogP contribution is 2.15. The molecule has 1 rings (SSSR count). The van der Waals surface area contributed by atoms with Crippen LogP contribution < -0.4 is 5.73 Å². The molecule has 6 heteroatoms. The summed E-state index contributed by atoms with van der Waals surface area (Å²) in [6, 6.07) is 0. The molecule has 0 aromatic carbocycles. The van der Waals surface area contributed by atoms with Gasteiger partial charge in [-0.2, -0.15) is 0 Å². The molecular weight excluding hydrogens is 250 g/mol. The van der Waals surface area contributed by atoms with Gasteiger partial charge in [-0.15, -0.1) is 11.3 Å². The standard InChI is InChI=1S/C12H19N3O2S/c1-4-15(6-10(13)16)12(17)9-7-18-11(14-9)5-8(2)3/h7-8H,4-6H2,1-3H3,(H2,13,16). The first kappa shape index (κ1) is 14.6. The van der Waals surface area contributed by atoms with Crippen LogP contribution in [0.25, 0.3) is 0 Å². The molecule has 100 valence electrons. The molecule has 0 aliphatic carbocycles. The molecule has 0 fully saturated rings. The molecule has 1 aromatic heterocycles. The van der Waals surface area contributed by atoms with E-state index in [0.717, 1.165) is 11.4 Å². The largest absolute Gasteiger partial charge is 0.368 e. The normalized spacial score (nSPS) is 10.7. The van der Waals surface area contributed by atoms with E-state index in [2.05, 4.69) is 18.8 Å². The summed E-state index contributed by atoms with van der Waals surface area (Å²) in [5.74, 6) is -0.239. The number of amides is 2. The fourth-order valence-electron chi connectivity index (χ4n) is 1.53. The number of carbonyl (C=O) groups is 2. The maximum absolute atomic E-state index is 12.1. The highest BCUT2D eigenvalue weighted by atomic mass is 32.1. The van der Waals surface area contributed by atoms with Gasteiger partial charge in [0.05, 0.1) is 11.6 Å². The van der Waals surface area contributed by atoms with Crippen LogP contribution in [0.3, 0.4) is 0 Å². The SMILES string of the molecule is CCN(CC(N)=O)C(=O)c1csc(CC(C)C)n1. The molecule has 0 aliphatic rings. The zero-order valence-electron chi connectivity index (χ0n) is 11.0. The molecule has 18 heavy (non-hydrogen) atoms. The molecule has 1 aromatic rings. The molecule has 0 bridgehead atoms. The molecule has 0 saturated heterocycles. The van der Waals surface area contributed by atoms with Gasteiger partial charge in [0.25, 0.3) is 5.91 Å². The molecule has 2 amide bonds. The Bertz CT molecular complexity index is 429. The number of likely N-dealkylation sites (N-methyl/N-ethyl adjacent to an activating group) is 1.